The normalized spacial score (nSPS) is 21.5. The van der Waals surface area contributed by atoms with Gasteiger partial charge in [-0.25, -0.2) is 9.78 Å². The van der Waals surface area contributed by atoms with Crippen LogP contribution in [-0.2, 0) is 11.3 Å². The molecule has 0 radical (unpaired) electrons. The molecule has 2 saturated heterocycles. The number of nitrogens with one attached hydrogen (secondary N) is 3. The topological polar surface area (TPSA) is 128 Å². The largest absolute Gasteiger partial charge is 0.449 e. The van der Waals surface area contributed by atoms with Crippen LogP contribution in [0.4, 0.5) is 22.2 Å². The highest BCUT2D eigenvalue weighted by Gasteiger charge is 2.44. The van der Waals surface area contributed by atoms with Crippen molar-refractivity contribution in [2.75, 3.05) is 17.2 Å². The average molecular weight is 480 g/mol. The number of ether oxygens (including phenoxy) is 1. The number of aromatic amines is 1. The fourth-order valence-corrected chi connectivity index (χ4v) is 5.14. The summed E-state index contributed by atoms with van der Waals surface area (Å²) < 4.78 is 5.54. The lowest BCUT2D eigenvalue weighted by molar-refractivity contribution is 0.0603. The number of H-pyrrole nitrogens is 1. The Morgan fingerprint density at radius 1 is 1.20 bits per heavy atom. The van der Waals surface area contributed by atoms with Gasteiger partial charge >= 0.3 is 6.09 Å². The quantitative estimate of drug-likeness (QED) is 0.399. The molecular weight excluding hydrogens is 446 g/mol. The molecule has 0 aromatic carbocycles. The van der Waals surface area contributed by atoms with Crippen LogP contribution in [-0.4, -0.2) is 61.0 Å². The third-order valence-electron chi connectivity index (χ3n) is 6.69. The number of aromatic nitrogens is 4. The van der Waals surface area contributed by atoms with Crippen LogP contribution in [0.5, 0.6) is 0 Å². The molecule has 0 saturated carbocycles. The number of aliphatic hydroxyl groups excluding tert-OH is 1. The molecule has 4 N–H and O–H groups in total. The van der Waals surface area contributed by atoms with Crippen molar-refractivity contribution >= 4 is 34.4 Å². The van der Waals surface area contributed by atoms with Crippen LogP contribution >= 0.6 is 0 Å². The molecule has 5 rings (SSSR count). The first-order valence-corrected chi connectivity index (χ1v) is 12.3. The van der Waals surface area contributed by atoms with Crippen LogP contribution in [0.25, 0.3) is 10.9 Å². The van der Waals surface area contributed by atoms with Crippen molar-refractivity contribution in [3.8, 4) is 0 Å². The highest BCUT2D eigenvalue weighted by Crippen LogP contribution is 2.38. The first-order chi connectivity index (χ1) is 16.9. The van der Waals surface area contributed by atoms with Crippen LogP contribution in [0.3, 0.4) is 0 Å². The van der Waals surface area contributed by atoms with E-state index in [4.69, 9.17) is 9.72 Å². The fraction of sp³-hybridized carbons (Fsp3) is 0.520. The van der Waals surface area contributed by atoms with Gasteiger partial charge in [0, 0.05) is 41.3 Å². The van der Waals surface area contributed by atoms with Crippen molar-refractivity contribution in [1.82, 2.24) is 25.1 Å². The Bertz CT molecular complexity index is 1200. The van der Waals surface area contributed by atoms with Gasteiger partial charge in [-0.2, -0.15) is 5.10 Å². The zero-order valence-corrected chi connectivity index (χ0v) is 20.4. The minimum atomic E-state index is -0.186. The lowest BCUT2D eigenvalue weighted by Crippen LogP contribution is -2.50. The van der Waals surface area contributed by atoms with E-state index in [1.54, 1.807) is 0 Å². The number of anilines is 3. The Kier molecular flexibility index (Phi) is 6.46. The maximum absolute atomic E-state index is 12.7. The van der Waals surface area contributed by atoms with Gasteiger partial charge in [0.2, 0.25) is 0 Å². The second-order valence-corrected chi connectivity index (χ2v) is 10.0. The summed E-state index contributed by atoms with van der Waals surface area (Å²) in [6, 6.07) is 8.05. The Labute approximate surface area is 204 Å². The fourth-order valence-electron chi connectivity index (χ4n) is 5.14. The first kappa shape index (κ1) is 23.3. The van der Waals surface area contributed by atoms with Crippen molar-refractivity contribution in [3.63, 3.8) is 0 Å². The zero-order chi connectivity index (χ0) is 24.5. The van der Waals surface area contributed by atoms with Crippen molar-refractivity contribution in [2.45, 2.75) is 71.2 Å². The highest BCUT2D eigenvalue weighted by molar-refractivity contribution is 5.91. The van der Waals surface area contributed by atoms with E-state index in [1.165, 1.54) is 0 Å². The predicted octanol–water partition coefficient (Wildman–Crippen LogP) is 4.10. The predicted molar refractivity (Wildman–Crippen MR) is 134 cm³/mol. The Morgan fingerprint density at radius 2 is 1.97 bits per heavy atom. The van der Waals surface area contributed by atoms with Gasteiger partial charge in [-0.15, -0.1) is 0 Å². The molecule has 0 spiro atoms. The Morgan fingerprint density at radius 3 is 2.63 bits per heavy atom. The molecule has 1 amide bonds. The van der Waals surface area contributed by atoms with Crippen molar-refractivity contribution in [2.24, 2.45) is 5.92 Å². The molecule has 35 heavy (non-hydrogen) atoms. The number of fused-ring (bicyclic) bond motifs is 3. The number of aryl methyl sites for hydroxylation is 1. The second-order valence-electron chi connectivity index (χ2n) is 10.0. The van der Waals surface area contributed by atoms with E-state index >= 15 is 0 Å². The maximum Gasteiger partial charge on any atom is 0.410 e. The molecule has 186 valence electrons. The molecule has 10 nitrogen and oxygen atoms in total. The minimum Gasteiger partial charge on any atom is -0.449 e. The number of rotatable bonds is 7. The summed E-state index contributed by atoms with van der Waals surface area (Å²) in [5.74, 6) is 2.34. The van der Waals surface area contributed by atoms with E-state index < -0.39 is 0 Å². The zero-order valence-electron chi connectivity index (χ0n) is 20.4. The summed E-state index contributed by atoms with van der Waals surface area (Å²) in [6.07, 6.45) is 3.49. The Hall–Kier alpha value is -3.40. The van der Waals surface area contributed by atoms with Gasteiger partial charge < -0.3 is 25.4 Å². The van der Waals surface area contributed by atoms with E-state index in [9.17, 15) is 9.90 Å². The molecule has 2 atom stereocenters. The molecule has 2 bridgehead atoms. The number of piperidine rings is 1. The van der Waals surface area contributed by atoms with Crippen LogP contribution in [0.1, 0.15) is 50.9 Å². The molecule has 10 heteroatoms. The van der Waals surface area contributed by atoms with Crippen LogP contribution in [0.2, 0.25) is 0 Å². The molecular formula is C25H33N7O3. The molecule has 2 aliphatic rings. The SMILES string of the molecule is Cc1cc(Nc2cc3nc(CO)ccc3c(NC3CC4CCC(C3)N4C(=O)OCC(C)C)n2)n[nH]1. The molecule has 5 heterocycles. The standard InChI is InChI=1S/C25H33N7O3/c1-14(2)13-35-25(34)32-18-5-6-19(32)10-17(9-18)27-24-20-7-4-16(12-33)26-21(20)11-22(29-24)28-23-8-15(3)30-31-23/h4,7-8,11,14,17-19,33H,5-6,9-10,12-13H2,1-3H3,(H3,27,28,29,30,31). The number of hydrogen-bond acceptors (Lipinski definition) is 8. The minimum absolute atomic E-state index is 0.128. The number of aliphatic hydroxyl groups is 1. The number of amides is 1. The smallest absolute Gasteiger partial charge is 0.410 e. The molecule has 3 aromatic heterocycles. The van der Waals surface area contributed by atoms with Gasteiger partial charge in [-0.05, 0) is 50.7 Å². The molecule has 3 aromatic rings. The number of nitrogens with zero attached hydrogens (tertiary/aromatic N) is 4. The van der Waals surface area contributed by atoms with Crippen molar-refractivity contribution < 1.29 is 14.6 Å². The molecule has 2 aliphatic heterocycles. The van der Waals surface area contributed by atoms with Gasteiger partial charge in [0.15, 0.2) is 5.82 Å². The maximum atomic E-state index is 12.7. The number of hydrogen-bond donors (Lipinski definition) is 4. The monoisotopic (exact) mass is 479 g/mol. The summed E-state index contributed by atoms with van der Waals surface area (Å²) in [4.78, 5) is 24.1. The lowest BCUT2D eigenvalue weighted by atomic mass is 9.97. The van der Waals surface area contributed by atoms with Gasteiger partial charge in [-0.3, -0.25) is 10.1 Å². The summed E-state index contributed by atoms with van der Waals surface area (Å²) in [7, 11) is 0. The van der Waals surface area contributed by atoms with Crippen LogP contribution < -0.4 is 10.6 Å². The van der Waals surface area contributed by atoms with Gasteiger partial charge in [0.1, 0.15) is 11.6 Å². The Balaban J connectivity index is 1.37. The van der Waals surface area contributed by atoms with Crippen LogP contribution in [0, 0.1) is 12.8 Å². The van der Waals surface area contributed by atoms with Crippen molar-refractivity contribution in [1.29, 1.82) is 0 Å². The summed E-state index contributed by atoms with van der Waals surface area (Å²) in [5, 5.41) is 24.5. The number of carbonyl (C=O) groups is 1. The van der Waals surface area contributed by atoms with E-state index in [2.05, 4.69) is 25.8 Å². The van der Waals surface area contributed by atoms with Gasteiger partial charge in [-0.1, -0.05) is 13.8 Å². The summed E-state index contributed by atoms with van der Waals surface area (Å²) in [6.45, 7) is 6.35. The second kappa shape index (κ2) is 9.69. The summed E-state index contributed by atoms with van der Waals surface area (Å²) in [5.41, 5.74) is 2.28. The number of carbonyl (C=O) groups excluding carboxylic acids is 1. The van der Waals surface area contributed by atoms with Gasteiger partial charge in [0.05, 0.1) is 24.4 Å². The summed E-state index contributed by atoms with van der Waals surface area (Å²) >= 11 is 0. The molecule has 2 fully saturated rings. The average Bonchev–Trinajstić information content (AvgIpc) is 3.36. The highest BCUT2D eigenvalue weighted by atomic mass is 16.6. The molecule has 0 aliphatic carbocycles. The van der Waals surface area contributed by atoms with E-state index in [0.717, 1.165) is 48.1 Å². The third kappa shape index (κ3) is 5.02. The molecule has 2 unspecified atom stereocenters. The lowest BCUT2D eigenvalue weighted by Gasteiger charge is -2.38. The van der Waals surface area contributed by atoms with Gasteiger partial charge in [0.25, 0.3) is 0 Å². The number of pyridine rings is 2. The van der Waals surface area contributed by atoms with E-state index in [0.29, 0.717) is 29.9 Å². The first-order valence-electron chi connectivity index (χ1n) is 12.3. The van der Waals surface area contributed by atoms with Crippen LogP contribution in [0.15, 0.2) is 24.3 Å². The third-order valence-corrected chi connectivity index (χ3v) is 6.69. The van der Waals surface area contributed by atoms with E-state index in [-0.39, 0.29) is 30.8 Å². The van der Waals surface area contributed by atoms with Crippen molar-refractivity contribution in [3.05, 3.63) is 35.7 Å². The van der Waals surface area contributed by atoms with E-state index in [1.807, 2.05) is 49.9 Å².